The summed E-state index contributed by atoms with van der Waals surface area (Å²) < 4.78 is 16.8. The van der Waals surface area contributed by atoms with Crippen molar-refractivity contribution in [2.75, 3.05) is 34.4 Å². The maximum Gasteiger partial charge on any atom is 0.422 e. The predicted molar refractivity (Wildman–Crippen MR) is 118 cm³/mol. The van der Waals surface area contributed by atoms with Gasteiger partial charge in [-0.2, -0.15) is 0 Å². The van der Waals surface area contributed by atoms with Crippen LogP contribution in [0.25, 0.3) is 0 Å². The zero-order valence-electron chi connectivity index (χ0n) is 19.0. The normalized spacial score (nSPS) is 21.3. The lowest BCUT2D eigenvalue weighted by atomic mass is 9.79. The highest BCUT2D eigenvalue weighted by Crippen LogP contribution is 2.39. The molecule has 1 N–H and O–H groups in total. The zero-order valence-corrected chi connectivity index (χ0v) is 19.0. The minimum atomic E-state index is -0.587. The van der Waals surface area contributed by atoms with Crippen molar-refractivity contribution in [3.8, 4) is 5.75 Å². The van der Waals surface area contributed by atoms with Crippen LogP contribution in [0.2, 0.25) is 0 Å². The molecule has 2 amide bonds. The molecule has 7 heteroatoms. The maximum absolute atomic E-state index is 13.5. The van der Waals surface area contributed by atoms with Gasteiger partial charge in [0.25, 0.3) is 0 Å². The number of imide groups is 1. The van der Waals surface area contributed by atoms with Crippen LogP contribution in [0.5, 0.6) is 5.75 Å². The lowest BCUT2D eigenvalue weighted by Gasteiger charge is -2.39. The fourth-order valence-electron chi connectivity index (χ4n) is 4.56. The monoisotopic (exact) mass is 432 g/mol. The number of nitrogens with zero attached hydrogens (tertiary/aromatic N) is 1. The summed E-state index contributed by atoms with van der Waals surface area (Å²) in [6.07, 6.45) is 5.83. The van der Waals surface area contributed by atoms with E-state index in [1.54, 1.807) is 38.5 Å². The molecule has 1 aromatic rings. The minimum absolute atomic E-state index is 0.159. The largest absolute Gasteiger partial charge is 0.422 e. The van der Waals surface area contributed by atoms with Gasteiger partial charge >= 0.3 is 6.09 Å². The molecule has 0 aromatic heterocycles. The van der Waals surface area contributed by atoms with Gasteiger partial charge < -0.3 is 19.5 Å². The number of nitrogens with one attached hydrogen (secondary N) is 1. The molecule has 0 saturated heterocycles. The molecule has 2 saturated carbocycles. The Hall–Kier alpha value is -1.96. The standard InChI is InChI=1S/C24H36N2O5/c1-25-16-20(14-19-8-7-13-24(15-19,29-2)30-3)22(27)26(17-18-11-12-18)23(28)31-21-9-5-4-6-10-21/h4-6,9-10,18-20,25H,7-8,11-17H2,1-3H3/t19-,20-/m1/s1. The fraction of sp³-hybridized carbons (Fsp3) is 0.667. The van der Waals surface area contributed by atoms with Gasteiger partial charge in [0.15, 0.2) is 5.79 Å². The molecule has 172 valence electrons. The molecule has 2 aliphatic rings. The van der Waals surface area contributed by atoms with Gasteiger partial charge in [0, 0.05) is 40.2 Å². The Labute approximate surface area is 185 Å². The zero-order chi connectivity index (χ0) is 22.3. The summed E-state index contributed by atoms with van der Waals surface area (Å²) in [6.45, 7) is 0.942. The van der Waals surface area contributed by atoms with Crippen molar-refractivity contribution in [2.24, 2.45) is 17.8 Å². The smallest absolute Gasteiger partial charge is 0.410 e. The Balaban J connectivity index is 1.70. The molecule has 2 atom stereocenters. The predicted octanol–water partition coefficient (Wildman–Crippen LogP) is 3.83. The van der Waals surface area contributed by atoms with Crippen molar-refractivity contribution in [3.05, 3.63) is 30.3 Å². The van der Waals surface area contributed by atoms with E-state index >= 15 is 0 Å². The van der Waals surface area contributed by atoms with Crippen LogP contribution < -0.4 is 10.1 Å². The van der Waals surface area contributed by atoms with E-state index in [-0.39, 0.29) is 11.8 Å². The number of ether oxygens (including phenoxy) is 3. The van der Waals surface area contributed by atoms with Crippen molar-refractivity contribution in [2.45, 2.75) is 50.7 Å². The van der Waals surface area contributed by atoms with E-state index in [1.807, 2.05) is 13.1 Å². The summed E-state index contributed by atoms with van der Waals surface area (Å²) in [5.41, 5.74) is 0. The van der Waals surface area contributed by atoms with Gasteiger partial charge in [-0.25, -0.2) is 9.69 Å². The van der Waals surface area contributed by atoms with Gasteiger partial charge in [0.1, 0.15) is 5.75 Å². The number of hydrogen-bond acceptors (Lipinski definition) is 6. The molecule has 31 heavy (non-hydrogen) atoms. The highest BCUT2D eigenvalue weighted by molar-refractivity contribution is 5.94. The number of hydrogen-bond donors (Lipinski definition) is 1. The van der Waals surface area contributed by atoms with Crippen LogP contribution in [0.1, 0.15) is 44.9 Å². The van der Waals surface area contributed by atoms with Crippen molar-refractivity contribution >= 4 is 12.0 Å². The highest BCUT2D eigenvalue weighted by atomic mass is 16.7. The molecule has 7 nitrogen and oxygen atoms in total. The van der Waals surface area contributed by atoms with E-state index in [1.165, 1.54) is 4.90 Å². The molecule has 0 aliphatic heterocycles. The van der Waals surface area contributed by atoms with Gasteiger partial charge in [-0.05, 0) is 56.7 Å². The van der Waals surface area contributed by atoms with E-state index < -0.39 is 11.9 Å². The first kappa shape index (κ1) is 23.7. The van der Waals surface area contributed by atoms with Gasteiger partial charge in [0.2, 0.25) is 5.91 Å². The van der Waals surface area contributed by atoms with Crippen LogP contribution in [-0.4, -0.2) is 57.0 Å². The van der Waals surface area contributed by atoms with Crippen molar-refractivity contribution in [3.63, 3.8) is 0 Å². The Morgan fingerprint density at radius 2 is 1.84 bits per heavy atom. The number of rotatable bonds is 10. The number of carbonyl (C=O) groups excluding carboxylic acids is 2. The Morgan fingerprint density at radius 1 is 1.13 bits per heavy atom. The van der Waals surface area contributed by atoms with Crippen LogP contribution in [0.3, 0.4) is 0 Å². The number of amides is 2. The van der Waals surface area contributed by atoms with Crippen LogP contribution in [0.15, 0.2) is 30.3 Å². The Kier molecular flexibility index (Phi) is 8.46. The molecule has 2 aliphatic carbocycles. The first-order valence-corrected chi connectivity index (χ1v) is 11.3. The molecular formula is C24H36N2O5. The van der Waals surface area contributed by atoms with E-state index in [4.69, 9.17) is 14.2 Å². The highest BCUT2D eigenvalue weighted by Gasteiger charge is 2.40. The second-order valence-corrected chi connectivity index (χ2v) is 8.84. The molecule has 2 fully saturated rings. The molecule has 0 radical (unpaired) electrons. The molecule has 0 bridgehead atoms. The average molecular weight is 433 g/mol. The summed E-state index contributed by atoms with van der Waals surface area (Å²) in [6, 6.07) is 8.91. The topological polar surface area (TPSA) is 77.1 Å². The summed E-state index contributed by atoms with van der Waals surface area (Å²) in [5.74, 6) is 0.0878. The second kappa shape index (κ2) is 11.1. The average Bonchev–Trinajstić information content (AvgIpc) is 3.62. The van der Waals surface area contributed by atoms with Crippen LogP contribution in [0, 0.1) is 17.8 Å². The van der Waals surface area contributed by atoms with Crippen LogP contribution in [0.4, 0.5) is 4.79 Å². The van der Waals surface area contributed by atoms with Crippen LogP contribution >= 0.6 is 0 Å². The summed E-state index contributed by atoms with van der Waals surface area (Å²) in [5, 5.41) is 3.14. The Bertz CT molecular complexity index is 718. The van der Waals surface area contributed by atoms with Gasteiger partial charge in [-0.1, -0.05) is 24.6 Å². The van der Waals surface area contributed by atoms with Crippen LogP contribution in [-0.2, 0) is 14.3 Å². The lowest BCUT2D eigenvalue weighted by Crippen LogP contribution is -2.47. The quantitative estimate of drug-likeness (QED) is 0.566. The Morgan fingerprint density at radius 3 is 2.45 bits per heavy atom. The molecule has 3 rings (SSSR count). The van der Waals surface area contributed by atoms with E-state index in [0.29, 0.717) is 37.1 Å². The maximum atomic E-state index is 13.5. The van der Waals surface area contributed by atoms with E-state index in [9.17, 15) is 9.59 Å². The third-order valence-corrected chi connectivity index (χ3v) is 6.50. The molecule has 0 spiro atoms. The number of carbonyl (C=O) groups is 2. The third kappa shape index (κ3) is 6.51. The van der Waals surface area contributed by atoms with Crippen molar-refractivity contribution in [1.29, 1.82) is 0 Å². The summed E-state index contributed by atoms with van der Waals surface area (Å²) >= 11 is 0. The fourth-order valence-corrected chi connectivity index (χ4v) is 4.56. The number of methoxy groups -OCH3 is 2. The van der Waals surface area contributed by atoms with Crippen molar-refractivity contribution in [1.82, 2.24) is 10.2 Å². The van der Waals surface area contributed by atoms with Gasteiger partial charge in [0.05, 0.1) is 5.92 Å². The second-order valence-electron chi connectivity index (χ2n) is 8.84. The van der Waals surface area contributed by atoms with Gasteiger partial charge in [-0.15, -0.1) is 0 Å². The summed E-state index contributed by atoms with van der Waals surface area (Å²) in [7, 11) is 5.20. The van der Waals surface area contributed by atoms with E-state index in [0.717, 1.165) is 38.5 Å². The van der Waals surface area contributed by atoms with Crippen molar-refractivity contribution < 1.29 is 23.8 Å². The minimum Gasteiger partial charge on any atom is -0.410 e. The summed E-state index contributed by atoms with van der Waals surface area (Å²) in [4.78, 5) is 27.8. The molecular weight excluding hydrogens is 396 g/mol. The first-order valence-electron chi connectivity index (χ1n) is 11.3. The third-order valence-electron chi connectivity index (χ3n) is 6.50. The first-order chi connectivity index (χ1) is 15.0. The molecule has 0 unspecified atom stereocenters. The molecule has 1 aromatic carbocycles. The van der Waals surface area contributed by atoms with Gasteiger partial charge in [-0.3, -0.25) is 4.79 Å². The number of benzene rings is 1. The number of para-hydroxylation sites is 1. The lowest BCUT2D eigenvalue weighted by molar-refractivity contribution is -0.232. The SMILES string of the molecule is CNC[C@@H](C[C@H]1CCCC(OC)(OC)C1)C(=O)N(CC1CC1)C(=O)Oc1ccccc1. The van der Waals surface area contributed by atoms with E-state index in [2.05, 4.69) is 5.32 Å². The molecule has 0 heterocycles.